The first-order chi connectivity index (χ1) is 26.3. The van der Waals surface area contributed by atoms with Gasteiger partial charge in [-0.05, 0) is 58.3 Å². The highest BCUT2D eigenvalue weighted by Gasteiger charge is 2.43. The van der Waals surface area contributed by atoms with E-state index >= 15 is 0 Å². The van der Waals surface area contributed by atoms with E-state index in [0.717, 1.165) is 22.5 Å². The predicted octanol–water partition coefficient (Wildman–Crippen LogP) is 10.3. The molecule has 55 heavy (non-hydrogen) atoms. The summed E-state index contributed by atoms with van der Waals surface area (Å²) in [5, 5.41) is 7.44. The third kappa shape index (κ3) is 8.71. The Bertz CT molecular complexity index is 2410. The number of rotatable bonds is 10. The SMILES string of the molecule is O=C(Nc1cccc(SC(C(=O)Nc2c(F)c(F)c(C(F)(F)F)c(F)c2F)c2ccccc2)c1)/C(=C\c1cccc2ccccc12)NC(=O)c1ccccc1. The van der Waals surface area contributed by atoms with E-state index in [-0.39, 0.29) is 16.9 Å². The minimum atomic E-state index is -5.76. The van der Waals surface area contributed by atoms with Gasteiger partial charge in [0.15, 0.2) is 23.3 Å². The number of hydrogen-bond donors (Lipinski definition) is 3. The van der Waals surface area contributed by atoms with E-state index in [4.69, 9.17) is 0 Å². The molecular weight excluding hydrogens is 748 g/mol. The van der Waals surface area contributed by atoms with Crippen molar-refractivity contribution in [3.05, 3.63) is 179 Å². The van der Waals surface area contributed by atoms with Crippen molar-refractivity contribution in [3.63, 3.8) is 0 Å². The molecule has 1 atom stereocenters. The van der Waals surface area contributed by atoms with Crippen LogP contribution in [0.2, 0.25) is 0 Å². The van der Waals surface area contributed by atoms with Crippen LogP contribution in [0.5, 0.6) is 0 Å². The quantitative estimate of drug-likeness (QED) is 0.0560. The fourth-order valence-corrected chi connectivity index (χ4v) is 6.62. The minimum absolute atomic E-state index is 0.107. The number of carbonyl (C=O) groups excluding carboxylic acids is 3. The van der Waals surface area contributed by atoms with Gasteiger partial charge in [-0.2, -0.15) is 13.2 Å². The average molecular weight is 774 g/mol. The molecule has 0 bridgehead atoms. The maximum Gasteiger partial charge on any atom is 0.422 e. The van der Waals surface area contributed by atoms with Gasteiger partial charge in [-0.25, -0.2) is 17.6 Å². The number of hydrogen-bond acceptors (Lipinski definition) is 4. The van der Waals surface area contributed by atoms with Crippen LogP contribution in [-0.2, 0) is 15.8 Å². The van der Waals surface area contributed by atoms with E-state index in [1.165, 1.54) is 42.5 Å². The molecule has 6 nitrogen and oxygen atoms in total. The number of anilines is 2. The van der Waals surface area contributed by atoms with Crippen molar-refractivity contribution in [2.24, 2.45) is 0 Å². The molecule has 6 rings (SSSR count). The van der Waals surface area contributed by atoms with E-state index < -0.39 is 63.7 Å². The Morgan fingerprint density at radius 3 is 1.93 bits per heavy atom. The van der Waals surface area contributed by atoms with Crippen molar-refractivity contribution in [2.45, 2.75) is 16.3 Å². The zero-order chi connectivity index (χ0) is 39.3. The van der Waals surface area contributed by atoms with Crippen LogP contribution in [0.1, 0.15) is 32.3 Å². The smallest absolute Gasteiger partial charge is 0.321 e. The van der Waals surface area contributed by atoms with Gasteiger partial charge in [0, 0.05) is 16.1 Å². The van der Waals surface area contributed by atoms with Crippen LogP contribution >= 0.6 is 11.8 Å². The zero-order valence-electron chi connectivity index (χ0n) is 28.1. The third-order valence-corrected chi connectivity index (χ3v) is 9.38. The molecule has 0 aliphatic rings. The zero-order valence-corrected chi connectivity index (χ0v) is 28.9. The number of carbonyl (C=O) groups is 3. The molecule has 0 heterocycles. The van der Waals surface area contributed by atoms with Gasteiger partial charge in [0.1, 0.15) is 22.2 Å². The second-order valence-corrected chi connectivity index (χ2v) is 13.0. The average Bonchev–Trinajstić information content (AvgIpc) is 3.18. The highest BCUT2D eigenvalue weighted by molar-refractivity contribution is 8.00. The summed E-state index contributed by atoms with van der Waals surface area (Å²) in [6.45, 7) is 0. The Labute approximate surface area is 313 Å². The van der Waals surface area contributed by atoms with Crippen molar-refractivity contribution in [1.82, 2.24) is 5.32 Å². The van der Waals surface area contributed by atoms with Gasteiger partial charge < -0.3 is 16.0 Å². The molecule has 3 amide bonds. The second kappa shape index (κ2) is 16.3. The number of amides is 3. The first-order valence-electron chi connectivity index (χ1n) is 16.2. The Morgan fingerprint density at radius 2 is 1.25 bits per heavy atom. The summed E-state index contributed by atoms with van der Waals surface area (Å²) in [6.07, 6.45) is -4.24. The second-order valence-electron chi connectivity index (χ2n) is 11.8. The monoisotopic (exact) mass is 773 g/mol. The van der Waals surface area contributed by atoms with Crippen molar-refractivity contribution in [3.8, 4) is 0 Å². The van der Waals surface area contributed by atoms with Crippen LogP contribution in [0.15, 0.2) is 138 Å². The lowest BCUT2D eigenvalue weighted by molar-refractivity contribution is -0.143. The lowest BCUT2D eigenvalue weighted by Crippen LogP contribution is -2.30. The molecule has 3 N–H and O–H groups in total. The molecule has 0 aliphatic carbocycles. The summed E-state index contributed by atoms with van der Waals surface area (Å²) in [4.78, 5) is 40.8. The van der Waals surface area contributed by atoms with Gasteiger partial charge in [0.25, 0.3) is 11.8 Å². The maximum absolute atomic E-state index is 14.7. The Kier molecular flexibility index (Phi) is 11.4. The van der Waals surface area contributed by atoms with Gasteiger partial charge in [0.05, 0.1) is 0 Å². The summed E-state index contributed by atoms with van der Waals surface area (Å²) < 4.78 is 97.6. The van der Waals surface area contributed by atoms with E-state index in [2.05, 4.69) is 10.6 Å². The number of fused-ring (bicyclic) bond motifs is 1. The minimum Gasteiger partial charge on any atom is -0.321 e. The molecule has 14 heteroatoms. The lowest BCUT2D eigenvalue weighted by atomic mass is 10.0. The van der Waals surface area contributed by atoms with Crippen molar-refractivity contribution >= 4 is 57.7 Å². The lowest BCUT2D eigenvalue weighted by Gasteiger charge is -2.19. The van der Waals surface area contributed by atoms with Gasteiger partial charge >= 0.3 is 6.18 Å². The maximum atomic E-state index is 14.7. The number of alkyl halides is 3. The van der Waals surface area contributed by atoms with Crippen LogP contribution in [0.4, 0.5) is 42.1 Å². The van der Waals surface area contributed by atoms with Crippen LogP contribution in [0.25, 0.3) is 16.8 Å². The molecule has 0 saturated carbocycles. The standard InChI is InChI=1S/C41H26F7N3O3S/c42-32-31(41(46,47)48)33(43)35(45)36(34(32)44)51-40(54)37(24-12-3-1-4-13-24)55-28-19-10-18-27(22-28)49-39(53)30(50-38(52)25-14-5-2-6-15-25)21-26-17-9-16-23-11-7-8-20-29(23)26/h1-22,37H,(H,49,53)(H,50,52)(H,51,54)/b30-21+. The molecule has 1 unspecified atom stereocenters. The highest BCUT2D eigenvalue weighted by Crippen LogP contribution is 2.41. The summed E-state index contributed by atoms with van der Waals surface area (Å²) in [5.74, 6) is -12.8. The molecule has 0 saturated heterocycles. The number of halogens is 7. The van der Waals surface area contributed by atoms with Crippen LogP contribution < -0.4 is 16.0 Å². The van der Waals surface area contributed by atoms with Crippen LogP contribution in [0.3, 0.4) is 0 Å². The molecule has 6 aromatic rings. The van der Waals surface area contributed by atoms with Crippen LogP contribution in [0, 0.1) is 23.3 Å². The molecular formula is C41H26F7N3O3S. The Balaban J connectivity index is 1.29. The predicted molar refractivity (Wildman–Crippen MR) is 196 cm³/mol. The molecule has 6 aromatic carbocycles. The van der Waals surface area contributed by atoms with E-state index in [1.807, 2.05) is 30.3 Å². The van der Waals surface area contributed by atoms with Crippen molar-refractivity contribution < 1.29 is 45.1 Å². The molecule has 0 spiro atoms. The summed E-state index contributed by atoms with van der Waals surface area (Å²) in [7, 11) is 0. The Hall–Kier alpha value is -6.41. The fourth-order valence-electron chi connectivity index (χ4n) is 5.54. The first kappa shape index (κ1) is 38.3. The third-order valence-electron chi connectivity index (χ3n) is 8.13. The largest absolute Gasteiger partial charge is 0.422 e. The van der Waals surface area contributed by atoms with Gasteiger partial charge in [-0.15, -0.1) is 11.8 Å². The van der Waals surface area contributed by atoms with Gasteiger partial charge in [-0.1, -0.05) is 97.1 Å². The number of nitrogens with one attached hydrogen (secondary N) is 3. The highest BCUT2D eigenvalue weighted by atomic mass is 32.2. The van der Waals surface area contributed by atoms with Crippen molar-refractivity contribution in [1.29, 1.82) is 0 Å². The summed E-state index contributed by atoms with van der Waals surface area (Å²) in [6, 6.07) is 34.8. The first-order valence-corrected chi connectivity index (χ1v) is 17.1. The molecule has 0 aromatic heterocycles. The van der Waals surface area contributed by atoms with E-state index in [0.29, 0.717) is 16.0 Å². The van der Waals surface area contributed by atoms with E-state index in [9.17, 15) is 45.1 Å². The van der Waals surface area contributed by atoms with Gasteiger partial charge in [0.2, 0.25) is 5.91 Å². The summed E-state index contributed by atoms with van der Waals surface area (Å²) in [5.41, 5.74) is -3.24. The van der Waals surface area contributed by atoms with Crippen LogP contribution in [-0.4, -0.2) is 17.7 Å². The van der Waals surface area contributed by atoms with Gasteiger partial charge in [-0.3, -0.25) is 14.4 Å². The molecule has 0 radical (unpaired) electrons. The number of thioether (sulfide) groups is 1. The molecule has 0 fully saturated rings. The van der Waals surface area contributed by atoms with E-state index in [1.54, 1.807) is 66.0 Å². The normalized spacial score (nSPS) is 12.2. The van der Waals surface area contributed by atoms with Crippen molar-refractivity contribution in [2.75, 3.05) is 10.6 Å². The topological polar surface area (TPSA) is 87.3 Å². The summed E-state index contributed by atoms with van der Waals surface area (Å²) >= 11 is 0.798. The molecule has 0 aliphatic heterocycles. The molecule has 278 valence electrons. The fraction of sp³-hybridized carbons (Fsp3) is 0.0488. The Morgan fingerprint density at radius 1 is 0.655 bits per heavy atom. The number of benzene rings is 6.